The third kappa shape index (κ3) is 3.72. The van der Waals surface area contributed by atoms with Crippen molar-refractivity contribution < 1.29 is 4.79 Å². The van der Waals surface area contributed by atoms with Gasteiger partial charge in [-0.05, 0) is 40.7 Å². The number of nitrogens with two attached hydrogens (primary N) is 1. The molecule has 0 saturated heterocycles. The Hall–Kier alpha value is -2.87. The summed E-state index contributed by atoms with van der Waals surface area (Å²) >= 11 is 0. The average Bonchev–Trinajstić information content (AvgIpc) is 2.63. The molecule has 0 aliphatic heterocycles. The lowest BCUT2D eigenvalue weighted by molar-refractivity contribution is -0.118. The molecule has 3 aromatic carbocycles. The first-order valence-electron chi connectivity index (χ1n) is 8.27. The van der Waals surface area contributed by atoms with Crippen molar-refractivity contribution >= 4 is 5.91 Å². The maximum Gasteiger partial charge on any atom is 0.217 e. The molecule has 0 fully saturated rings. The quantitative estimate of drug-likeness (QED) is 0.695. The van der Waals surface area contributed by atoms with E-state index in [0.717, 1.165) is 12.8 Å². The Balaban J connectivity index is 2.07. The van der Waals surface area contributed by atoms with Gasteiger partial charge in [0.1, 0.15) is 0 Å². The summed E-state index contributed by atoms with van der Waals surface area (Å²) in [5.41, 5.74) is 11.4. The number of primary amides is 1. The first kappa shape index (κ1) is 16.0. The van der Waals surface area contributed by atoms with Gasteiger partial charge in [-0.3, -0.25) is 4.79 Å². The third-order valence-electron chi connectivity index (χ3n) is 4.17. The predicted octanol–water partition coefficient (Wildman–Crippen LogP) is 4.83. The number of amides is 1. The van der Waals surface area contributed by atoms with Gasteiger partial charge in [0, 0.05) is 6.42 Å². The van der Waals surface area contributed by atoms with Gasteiger partial charge < -0.3 is 5.73 Å². The lowest BCUT2D eigenvalue weighted by Gasteiger charge is -2.16. The van der Waals surface area contributed by atoms with Crippen LogP contribution in [-0.4, -0.2) is 5.91 Å². The van der Waals surface area contributed by atoms with Gasteiger partial charge in [0.2, 0.25) is 5.91 Å². The van der Waals surface area contributed by atoms with Crippen molar-refractivity contribution in [3.63, 3.8) is 0 Å². The van der Waals surface area contributed by atoms with Crippen LogP contribution in [0.4, 0.5) is 0 Å². The van der Waals surface area contributed by atoms with Crippen LogP contribution in [0.3, 0.4) is 0 Å². The molecular weight excluding hydrogens is 294 g/mol. The second-order valence-corrected chi connectivity index (χ2v) is 5.89. The second-order valence-electron chi connectivity index (χ2n) is 5.89. The van der Waals surface area contributed by atoms with Crippen molar-refractivity contribution in [3.05, 3.63) is 84.4 Å². The summed E-state index contributed by atoms with van der Waals surface area (Å²) in [5, 5.41) is 0. The molecule has 0 radical (unpaired) electrons. The third-order valence-corrected chi connectivity index (χ3v) is 4.17. The van der Waals surface area contributed by atoms with Gasteiger partial charge >= 0.3 is 0 Å². The molecule has 0 aliphatic carbocycles. The minimum Gasteiger partial charge on any atom is -0.370 e. The van der Waals surface area contributed by atoms with Crippen molar-refractivity contribution in [1.82, 2.24) is 0 Å². The molecule has 0 saturated carbocycles. The summed E-state index contributed by atoms with van der Waals surface area (Å²) in [5.74, 6) is -0.240. The van der Waals surface area contributed by atoms with E-state index >= 15 is 0 Å². The van der Waals surface area contributed by atoms with E-state index in [1.54, 1.807) is 0 Å². The number of aryl methyl sites for hydroxylation is 1. The Labute approximate surface area is 143 Å². The summed E-state index contributed by atoms with van der Waals surface area (Å²) in [7, 11) is 0. The van der Waals surface area contributed by atoms with Crippen molar-refractivity contribution in [2.24, 2.45) is 5.73 Å². The molecule has 2 heteroatoms. The Morgan fingerprint density at radius 2 is 1.38 bits per heavy atom. The van der Waals surface area contributed by atoms with E-state index in [0.29, 0.717) is 6.42 Å². The van der Waals surface area contributed by atoms with E-state index in [1.807, 2.05) is 12.1 Å². The molecule has 24 heavy (non-hydrogen) atoms. The van der Waals surface area contributed by atoms with E-state index in [4.69, 9.17) is 5.73 Å². The Morgan fingerprint density at radius 1 is 0.750 bits per heavy atom. The van der Waals surface area contributed by atoms with Crippen LogP contribution in [-0.2, 0) is 11.2 Å². The molecular formula is C22H21NO. The molecule has 0 aromatic heterocycles. The van der Waals surface area contributed by atoms with Gasteiger partial charge in [-0.25, -0.2) is 0 Å². The summed E-state index contributed by atoms with van der Waals surface area (Å²) < 4.78 is 0. The van der Waals surface area contributed by atoms with Crippen LogP contribution in [0.15, 0.2) is 78.9 Å². The Kier molecular flexibility index (Phi) is 5.07. The lowest BCUT2D eigenvalue weighted by Crippen LogP contribution is -2.10. The molecule has 0 bridgehead atoms. The van der Waals surface area contributed by atoms with Crippen LogP contribution in [0.25, 0.3) is 22.3 Å². The zero-order valence-electron chi connectivity index (χ0n) is 13.6. The average molecular weight is 315 g/mol. The van der Waals surface area contributed by atoms with Crippen LogP contribution in [0.5, 0.6) is 0 Å². The summed E-state index contributed by atoms with van der Waals surface area (Å²) in [6.45, 7) is 0. The van der Waals surface area contributed by atoms with E-state index in [-0.39, 0.29) is 5.91 Å². The fraction of sp³-hybridized carbons (Fsp3) is 0.136. The predicted molar refractivity (Wildman–Crippen MR) is 99.4 cm³/mol. The van der Waals surface area contributed by atoms with Crippen LogP contribution >= 0.6 is 0 Å². The molecule has 0 spiro atoms. The van der Waals surface area contributed by atoms with E-state index in [9.17, 15) is 4.79 Å². The number of rotatable bonds is 6. The summed E-state index contributed by atoms with van der Waals surface area (Å²) in [4.78, 5) is 11.1. The van der Waals surface area contributed by atoms with Crippen LogP contribution in [0, 0.1) is 0 Å². The summed E-state index contributed by atoms with van der Waals surface area (Å²) in [6.07, 6.45) is 2.03. The van der Waals surface area contributed by atoms with Crippen LogP contribution < -0.4 is 5.73 Å². The van der Waals surface area contributed by atoms with Gasteiger partial charge in [-0.2, -0.15) is 0 Å². The topological polar surface area (TPSA) is 43.1 Å². The smallest absolute Gasteiger partial charge is 0.217 e. The second kappa shape index (κ2) is 7.60. The molecule has 3 aromatic rings. The van der Waals surface area contributed by atoms with Gasteiger partial charge in [0.15, 0.2) is 0 Å². The summed E-state index contributed by atoms with van der Waals surface area (Å²) in [6, 6.07) is 27.2. The zero-order valence-corrected chi connectivity index (χ0v) is 13.6. The molecule has 120 valence electrons. The SMILES string of the molecule is NC(=O)CCCc1cccc(-c2ccccc2)c1-c1ccccc1. The maximum atomic E-state index is 11.1. The van der Waals surface area contributed by atoms with Gasteiger partial charge in [0.25, 0.3) is 0 Å². The Morgan fingerprint density at radius 3 is 2.00 bits per heavy atom. The minimum absolute atomic E-state index is 0.240. The highest BCUT2D eigenvalue weighted by molar-refractivity contribution is 5.85. The van der Waals surface area contributed by atoms with E-state index in [1.165, 1.54) is 27.8 Å². The first-order chi connectivity index (χ1) is 11.8. The molecule has 0 heterocycles. The lowest BCUT2D eigenvalue weighted by atomic mass is 9.88. The number of carbonyl (C=O) groups excluding carboxylic acids is 1. The molecule has 0 atom stereocenters. The molecule has 2 nitrogen and oxygen atoms in total. The number of hydrogen-bond donors (Lipinski definition) is 1. The number of carbonyl (C=O) groups is 1. The van der Waals surface area contributed by atoms with Crippen molar-refractivity contribution in [3.8, 4) is 22.3 Å². The molecule has 3 rings (SSSR count). The standard InChI is InChI=1S/C22H21NO/c23-21(24)16-8-14-19-13-7-15-20(17-9-3-1-4-10-17)22(19)18-11-5-2-6-12-18/h1-7,9-13,15H,8,14,16H2,(H2,23,24). The fourth-order valence-corrected chi connectivity index (χ4v) is 3.07. The highest BCUT2D eigenvalue weighted by atomic mass is 16.1. The number of hydrogen-bond acceptors (Lipinski definition) is 1. The Bertz CT molecular complexity index is 810. The number of benzene rings is 3. The van der Waals surface area contributed by atoms with Crippen molar-refractivity contribution in [2.75, 3.05) is 0 Å². The van der Waals surface area contributed by atoms with Gasteiger partial charge in [-0.1, -0.05) is 78.9 Å². The fourth-order valence-electron chi connectivity index (χ4n) is 3.07. The molecule has 2 N–H and O–H groups in total. The van der Waals surface area contributed by atoms with Crippen molar-refractivity contribution in [1.29, 1.82) is 0 Å². The minimum atomic E-state index is -0.240. The van der Waals surface area contributed by atoms with Crippen LogP contribution in [0.2, 0.25) is 0 Å². The highest BCUT2D eigenvalue weighted by Crippen LogP contribution is 2.35. The first-order valence-corrected chi connectivity index (χ1v) is 8.27. The molecule has 0 aliphatic rings. The van der Waals surface area contributed by atoms with Gasteiger partial charge in [-0.15, -0.1) is 0 Å². The normalized spacial score (nSPS) is 10.5. The van der Waals surface area contributed by atoms with Crippen molar-refractivity contribution in [2.45, 2.75) is 19.3 Å². The maximum absolute atomic E-state index is 11.1. The van der Waals surface area contributed by atoms with E-state index in [2.05, 4.69) is 66.7 Å². The van der Waals surface area contributed by atoms with E-state index < -0.39 is 0 Å². The zero-order chi connectivity index (χ0) is 16.8. The monoisotopic (exact) mass is 315 g/mol. The molecule has 1 amide bonds. The van der Waals surface area contributed by atoms with Crippen LogP contribution in [0.1, 0.15) is 18.4 Å². The largest absolute Gasteiger partial charge is 0.370 e. The molecule has 0 unspecified atom stereocenters. The van der Waals surface area contributed by atoms with Gasteiger partial charge in [0.05, 0.1) is 0 Å². The highest BCUT2D eigenvalue weighted by Gasteiger charge is 2.12.